The number of allylic oxidation sites excluding steroid dienone is 1. The number of nitrogens with zero attached hydrogens (tertiary/aromatic N) is 3. The maximum atomic E-state index is 7.72. The lowest BCUT2D eigenvalue weighted by Gasteiger charge is -1.74. The molecule has 0 atom stereocenters. The molecular weight excluding hydrogens is 90.1 g/mol. The average Bonchev–Trinajstić information content (AvgIpc) is 1.68. The molecule has 0 N–H and O–H groups in total. The molecule has 36 valence electrons. The van der Waals surface area contributed by atoms with Crippen molar-refractivity contribution in [2.24, 2.45) is 5.11 Å². The summed E-state index contributed by atoms with van der Waals surface area (Å²) >= 11 is 0. The van der Waals surface area contributed by atoms with Gasteiger partial charge in [0.1, 0.15) is 0 Å². The molecule has 0 aromatic rings. The van der Waals surface area contributed by atoms with Crippen molar-refractivity contribution in [2.75, 3.05) is 0 Å². The molecule has 3 nitrogen and oxygen atoms in total. The molecule has 0 aliphatic rings. The van der Waals surface area contributed by atoms with E-state index < -0.39 is 0 Å². The summed E-state index contributed by atoms with van der Waals surface area (Å²) in [7, 11) is 0. The van der Waals surface area contributed by atoms with Crippen LogP contribution in [0.5, 0.6) is 0 Å². The van der Waals surface area contributed by atoms with Gasteiger partial charge in [-0.15, -0.1) is 0 Å². The first-order valence-corrected chi connectivity index (χ1v) is 1.67. The van der Waals surface area contributed by atoms with Crippen LogP contribution in [-0.4, -0.2) is 0 Å². The summed E-state index contributed by atoms with van der Waals surface area (Å²) in [6.07, 6.45) is 1.39. The summed E-state index contributed by atoms with van der Waals surface area (Å²) in [6.45, 7) is 6.64. The Morgan fingerprint density at radius 1 is 1.86 bits per heavy atom. The smallest absolute Gasteiger partial charge is 0.0297 e. The van der Waals surface area contributed by atoms with Crippen LogP contribution in [0.15, 0.2) is 30.0 Å². The van der Waals surface area contributed by atoms with Crippen molar-refractivity contribution in [1.29, 1.82) is 0 Å². The normalized spacial score (nSPS) is 6.29. The fraction of sp³-hybridized carbons (Fsp3) is 0. The Bertz CT molecular complexity index is 130. The zero-order chi connectivity index (χ0) is 5.70. The van der Waals surface area contributed by atoms with Crippen LogP contribution in [0, 0.1) is 0 Å². The summed E-state index contributed by atoms with van der Waals surface area (Å²) in [5.41, 5.74) is 8.07. The van der Waals surface area contributed by atoms with E-state index in [-0.39, 0.29) is 0 Å². The minimum absolute atomic E-state index is 0.350. The molecule has 0 fully saturated rings. The molecule has 0 saturated carbocycles. The fourth-order valence-corrected chi connectivity index (χ4v) is 0.0983. The SMILES string of the molecule is C=CC(=C)N=[N+]=[N-]. The van der Waals surface area contributed by atoms with Crippen LogP contribution in [0.3, 0.4) is 0 Å². The molecule has 0 unspecified atom stereocenters. The highest BCUT2D eigenvalue weighted by atomic mass is 15.1. The van der Waals surface area contributed by atoms with Crippen LogP contribution in [0.1, 0.15) is 0 Å². The highest BCUT2D eigenvalue weighted by Gasteiger charge is 1.70. The van der Waals surface area contributed by atoms with Crippen LogP contribution >= 0.6 is 0 Å². The summed E-state index contributed by atoms with van der Waals surface area (Å²) in [4.78, 5) is 2.46. The maximum absolute atomic E-state index is 7.72. The van der Waals surface area contributed by atoms with Gasteiger partial charge in [-0.25, -0.2) is 0 Å². The van der Waals surface area contributed by atoms with Crippen molar-refractivity contribution in [2.45, 2.75) is 0 Å². The number of rotatable bonds is 2. The second kappa shape index (κ2) is 3.00. The van der Waals surface area contributed by atoms with Gasteiger partial charge in [-0.05, 0) is 5.53 Å². The molecule has 0 amide bonds. The second-order valence-electron chi connectivity index (χ2n) is 0.885. The molecule has 0 aliphatic heterocycles. The zero-order valence-electron chi connectivity index (χ0n) is 3.83. The van der Waals surface area contributed by atoms with Gasteiger partial charge in [-0.1, -0.05) is 24.3 Å². The molecule has 0 heterocycles. The van der Waals surface area contributed by atoms with Crippen LogP contribution in [0.4, 0.5) is 0 Å². The minimum atomic E-state index is 0.350. The minimum Gasteiger partial charge on any atom is -0.0986 e. The summed E-state index contributed by atoms with van der Waals surface area (Å²) < 4.78 is 0. The van der Waals surface area contributed by atoms with Crippen molar-refractivity contribution in [3.05, 3.63) is 35.4 Å². The molecule has 0 aliphatic carbocycles. The van der Waals surface area contributed by atoms with Gasteiger partial charge in [0.15, 0.2) is 0 Å². The quantitative estimate of drug-likeness (QED) is 0.218. The largest absolute Gasteiger partial charge is 0.0986 e. The van der Waals surface area contributed by atoms with E-state index in [1.165, 1.54) is 6.08 Å². The first-order chi connectivity index (χ1) is 3.31. The second-order valence-corrected chi connectivity index (χ2v) is 0.885. The first kappa shape index (κ1) is 5.79. The van der Waals surface area contributed by atoms with Crippen molar-refractivity contribution >= 4 is 0 Å². The van der Waals surface area contributed by atoms with Crippen LogP contribution in [0.25, 0.3) is 10.4 Å². The summed E-state index contributed by atoms with van der Waals surface area (Å²) in [5, 5.41) is 3.11. The number of hydrogen-bond acceptors (Lipinski definition) is 1. The number of hydrogen-bond donors (Lipinski definition) is 0. The molecule has 0 aromatic heterocycles. The van der Waals surface area contributed by atoms with Gasteiger partial charge in [-0.2, -0.15) is 0 Å². The maximum Gasteiger partial charge on any atom is 0.0297 e. The monoisotopic (exact) mass is 95.0 g/mol. The molecule has 7 heavy (non-hydrogen) atoms. The van der Waals surface area contributed by atoms with Gasteiger partial charge in [-0.3, -0.25) is 0 Å². The van der Waals surface area contributed by atoms with Gasteiger partial charge >= 0.3 is 0 Å². The lowest BCUT2D eigenvalue weighted by atomic mass is 10.5. The van der Waals surface area contributed by atoms with E-state index in [0.717, 1.165) is 0 Å². The molecule has 0 bridgehead atoms. The van der Waals surface area contributed by atoms with E-state index in [1.807, 2.05) is 0 Å². The summed E-state index contributed by atoms with van der Waals surface area (Å²) in [6, 6.07) is 0. The van der Waals surface area contributed by atoms with Gasteiger partial charge < -0.3 is 0 Å². The average molecular weight is 95.1 g/mol. The Morgan fingerprint density at radius 3 is 2.57 bits per heavy atom. The van der Waals surface area contributed by atoms with E-state index in [0.29, 0.717) is 5.70 Å². The Balaban J connectivity index is 3.82. The molecule has 0 spiro atoms. The Labute approximate surface area is 41.6 Å². The zero-order valence-corrected chi connectivity index (χ0v) is 3.83. The molecule has 0 radical (unpaired) electrons. The lowest BCUT2D eigenvalue weighted by molar-refractivity contribution is 1.40. The lowest BCUT2D eigenvalue weighted by Crippen LogP contribution is -1.55. The topological polar surface area (TPSA) is 48.8 Å². The predicted molar refractivity (Wildman–Crippen MR) is 28.5 cm³/mol. The third-order valence-electron chi connectivity index (χ3n) is 0.409. The third-order valence-corrected chi connectivity index (χ3v) is 0.409. The highest BCUT2D eigenvalue weighted by molar-refractivity contribution is 5.08. The third kappa shape index (κ3) is 2.60. The van der Waals surface area contributed by atoms with E-state index in [4.69, 9.17) is 5.53 Å². The van der Waals surface area contributed by atoms with Crippen LogP contribution in [0.2, 0.25) is 0 Å². The van der Waals surface area contributed by atoms with Crippen molar-refractivity contribution in [3.63, 3.8) is 0 Å². The molecule has 0 aromatic carbocycles. The predicted octanol–water partition coefficient (Wildman–Crippen LogP) is 2.00. The first-order valence-electron chi connectivity index (χ1n) is 1.67. The van der Waals surface area contributed by atoms with Crippen LogP contribution in [-0.2, 0) is 0 Å². The van der Waals surface area contributed by atoms with Gasteiger partial charge in [0.05, 0.1) is 0 Å². The number of azide groups is 1. The fourth-order valence-electron chi connectivity index (χ4n) is 0.0983. The van der Waals surface area contributed by atoms with E-state index >= 15 is 0 Å². The molecule has 3 heteroatoms. The van der Waals surface area contributed by atoms with E-state index in [2.05, 4.69) is 23.2 Å². The highest BCUT2D eigenvalue weighted by Crippen LogP contribution is 1.89. The van der Waals surface area contributed by atoms with E-state index in [9.17, 15) is 0 Å². The van der Waals surface area contributed by atoms with Gasteiger partial charge in [0.25, 0.3) is 0 Å². The standard InChI is InChI=1S/C4H5N3/c1-3-4(2)6-7-5/h3H,1-2H2. The van der Waals surface area contributed by atoms with Crippen molar-refractivity contribution < 1.29 is 0 Å². The van der Waals surface area contributed by atoms with Crippen molar-refractivity contribution in [1.82, 2.24) is 0 Å². The molecule has 0 saturated heterocycles. The molecular formula is C4H5N3. The Hall–Kier alpha value is -1.21. The Kier molecular flexibility index (Phi) is 2.48. The Morgan fingerprint density at radius 2 is 2.43 bits per heavy atom. The van der Waals surface area contributed by atoms with Gasteiger partial charge in [0, 0.05) is 10.6 Å². The van der Waals surface area contributed by atoms with Crippen LogP contribution < -0.4 is 0 Å². The molecule has 0 rings (SSSR count). The summed E-state index contributed by atoms with van der Waals surface area (Å²) in [5.74, 6) is 0. The van der Waals surface area contributed by atoms with E-state index in [1.54, 1.807) is 0 Å². The van der Waals surface area contributed by atoms with Crippen molar-refractivity contribution in [3.8, 4) is 0 Å². The van der Waals surface area contributed by atoms with Gasteiger partial charge in [0.2, 0.25) is 0 Å².